The zero-order chi connectivity index (χ0) is 24.3. The Morgan fingerprint density at radius 1 is 0.912 bits per heavy atom. The van der Waals surface area contributed by atoms with Crippen LogP contribution in [0.5, 0.6) is 0 Å². The van der Waals surface area contributed by atoms with Crippen LogP contribution in [0.4, 0.5) is 0 Å². The molecule has 34 heavy (non-hydrogen) atoms. The third kappa shape index (κ3) is 6.12. The van der Waals surface area contributed by atoms with Crippen LogP contribution in [0, 0.1) is 5.92 Å². The van der Waals surface area contributed by atoms with Gasteiger partial charge in [0.2, 0.25) is 0 Å². The van der Waals surface area contributed by atoms with Gasteiger partial charge in [-0.15, -0.1) is 6.58 Å². The predicted molar refractivity (Wildman–Crippen MR) is 140 cm³/mol. The molecule has 0 aliphatic heterocycles. The number of benzene rings is 3. The van der Waals surface area contributed by atoms with Gasteiger partial charge in [0, 0.05) is 24.5 Å². The van der Waals surface area contributed by atoms with Crippen molar-refractivity contribution in [1.82, 2.24) is 4.90 Å². The SMILES string of the molecule is C=C[C@@H](c1ccccc1)[C@@H](C(=O)OC)[C@H](/C=C/C)N(Cc1ccccc1)[C@@H](C)c1ccccc1. The van der Waals surface area contributed by atoms with E-state index in [0.717, 1.165) is 5.56 Å². The Hall–Kier alpha value is -3.43. The topological polar surface area (TPSA) is 29.5 Å². The highest BCUT2D eigenvalue weighted by molar-refractivity contribution is 5.75. The summed E-state index contributed by atoms with van der Waals surface area (Å²) in [5, 5.41) is 0. The van der Waals surface area contributed by atoms with E-state index >= 15 is 0 Å². The van der Waals surface area contributed by atoms with Crippen LogP contribution in [0.25, 0.3) is 0 Å². The van der Waals surface area contributed by atoms with Crippen LogP contribution in [-0.4, -0.2) is 24.0 Å². The van der Waals surface area contributed by atoms with Crippen molar-refractivity contribution in [2.24, 2.45) is 5.92 Å². The number of carbonyl (C=O) groups is 1. The number of methoxy groups -OCH3 is 1. The zero-order valence-corrected chi connectivity index (χ0v) is 20.4. The van der Waals surface area contributed by atoms with Crippen LogP contribution in [-0.2, 0) is 16.1 Å². The second-order valence-corrected chi connectivity index (χ2v) is 8.48. The number of esters is 1. The van der Waals surface area contributed by atoms with Gasteiger partial charge in [0.15, 0.2) is 0 Å². The van der Waals surface area contributed by atoms with E-state index in [1.54, 1.807) is 0 Å². The number of allylic oxidation sites excluding steroid dienone is 2. The van der Waals surface area contributed by atoms with Crippen LogP contribution in [0.1, 0.15) is 42.5 Å². The second kappa shape index (κ2) is 12.7. The first-order valence-corrected chi connectivity index (χ1v) is 11.8. The summed E-state index contributed by atoms with van der Waals surface area (Å²) in [6.07, 6.45) is 6.03. The highest BCUT2D eigenvalue weighted by Gasteiger charge is 2.39. The monoisotopic (exact) mass is 453 g/mol. The number of rotatable bonds is 11. The Morgan fingerprint density at radius 2 is 1.44 bits per heavy atom. The molecule has 0 aliphatic carbocycles. The molecule has 4 atom stereocenters. The number of ether oxygens (including phenoxy) is 1. The van der Waals surface area contributed by atoms with Crippen molar-refractivity contribution in [3.63, 3.8) is 0 Å². The maximum atomic E-state index is 13.4. The third-order valence-corrected chi connectivity index (χ3v) is 6.43. The first-order valence-electron chi connectivity index (χ1n) is 11.8. The van der Waals surface area contributed by atoms with Gasteiger partial charge < -0.3 is 4.74 Å². The van der Waals surface area contributed by atoms with Crippen LogP contribution in [0.3, 0.4) is 0 Å². The second-order valence-electron chi connectivity index (χ2n) is 8.48. The minimum absolute atomic E-state index is 0.0657. The molecule has 0 spiro atoms. The van der Waals surface area contributed by atoms with Crippen molar-refractivity contribution in [3.8, 4) is 0 Å². The fourth-order valence-corrected chi connectivity index (χ4v) is 4.65. The molecule has 0 saturated heterocycles. The van der Waals surface area contributed by atoms with Gasteiger partial charge in [0.05, 0.1) is 13.0 Å². The van der Waals surface area contributed by atoms with E-state index in [9.17, 15) is 4.79 Å². The van der Waals surface area contributed by atoms with Crippen LogP contribution < -0.4 is 0 Å². The lowest BCUT2D eigenvalue weighted by Crippen LogP contribution is -2.46. The number of hydrogen-bond acceptors (Lipinski definition) is 3. The van der Waals surface area contributed by atoms with E-state index in [1.807, 2.05) is 49.4 Å². The molecule has 0 saturated carbocycles. The molecule has 3 nitrogen and oxygen atoms in total. The summed E-state index contributed by atoms with van der Waals surface area (Å²) in [6, 6.07) is 30.8. The zero-order valence-electron chi connectivity index (χ0n) is 20.4. The van der Waals surface area contributed by atoms with Gasteiger partial charge in [-0.1, -0.05) is 109 Å². The Labute approximate surface area is 204 Å². The van der Waals surface area contributed by atoms with Crippen LogP contribution >= 0.6 is 0 Å². The third-order valence-electron chi connectivity index (χ3n) is 6.43. The minimum atomic E-state index is -0.462. The minimum Gasteiger partial charge on any atom is -0.469 e. The molecule has 0 aromatic heterocycles. The maximum absolute atomic E-state index is 13.4. The smallest absolute Gasteiger partial charge is 0.311 e. The standard InChI is InChI=1S/C31H35NO2/c1-5-16-29(30(31(33)34-4)28(6-2)27-21-14-9-15-22-27)32(23-25-17-10-7-11-18-25)24(3)26-19-12-8-13-20-26/h5-22,24,28-30H,2,23H2,1,3-4H3/b16-5+/t24-,28-,29-,30+/m0/s1. The van der Waals surface area contributed by atoms with E-state index in [0.29, 0.717) is 6.54 Å². The molecule has 0 aliphatic rings. The average molecular weight is 454 g/mol. The summed E-state index contributed by atoms with van der Waals surface area (Å²) < 4.78 is 5.38. The lowest BCUT2D eigenvalue weighted by atomic mass is 9.79. The summed E-state index contributed by atoms with van der Waals surface area (Å²) in [7, 11) is 1.47. The van der Waals surface area contributed by atoms with Crippen molar-refractivity contribution < 1.29 is 9.53 Å². The van der Waals surface area contributed by atoms with Gasteiger partial charge in [-0.05, 0) is 30.5 Å². The molecule has 0 unspecified atom stereocenters. The molecule has 0 heterocycles. The van der Waals surface area contributed by atoms with Gasteiger partial charge >= 0.3 is 5.97 Å². The van der Waals surface area contributed by atoms with Gasteiger partial charge in [-0.2, -0.15) is 0 Å². The molecule has 0 radical (unpaired) electrons. The summed E-state index contributed by atoms with van der Waals surface area (Å²) in [5.41, 5.74) is 3.44. The molecule has 3 rings (SSSR count). The quantitative estimate of drug-likeness (QED) is 0.232. The molecule has 3 heteroatoms. The molecular weight excluding hydrogens is 418 g/mol. The maximum Gasteiger partial charge on any atom is 0.311 e. The molecule has 0 fully saturated rings. The lowest BCUT2D eigenvalue weighted by molar-refractivity contribution is -0.148. The molecule has 0 N–H and O–H groups in total. The highest BCUT2D eigenvalue weighted by atomic mass is 16.5. The normalized spacial score (nSPS) is 14.9. The Bertz CT molecular complexity index is 1050. The van der Waals surface area contributed by atoms with Gasteiger partial charge in [-0.3, -0.25) is 9.69 Å². The number of hydrogen-bond donors (Lipinski definition) is 0. The van der Waals surface area contributed by atoms with E-state index in [1.165, 1.54) is 18.2 Å². The molecule has 3 aromatic carbocycles. The fraction of sp³-hybridized carbons (Fsp3) is 0.258. The van der Waals surface area contributed by atoms with Crippen molar-refractivity contribution in [3.05, 3.63) is 132 Å². The number of carbonyl (C=O) groups excluding carboxylic acids is 1. The first-order chi connectivity index (χ1) is 16.6. The van der Waals surface area contributed by atoms with Crippen molar-refractivity contribution in [1.29, 1.82) is 0 Å². The largest absolute Gasteiger partial charge is 0.469 e. The molecule has 0 bridgehead atoms. The van der Waals surface area contributed by atoms with Crippen LogP contribution in [0.15, 0.2) is 116 Å². The number of nitrogens with zero attached hydrogens (tertiary/aromatic N) is 1. The first kappa shape index (κ1) is 25.2. The van der Waals surface area contributed by atoms with Gasteiger partial charge in [0.1, 0.15) is 0 Å². The fourth-order valence-electron chi connectivity index (χ4n) is 4.65. The van der Waals surface area contributed by atoms with Crippen molar-refractivity contribution in [2.45, 2.75) is 38.4 Å². The Balaban J connectivity index is 2.13. The molecule has 0 amide bonds. The van der Waals surface area contributed by atoms with E-state index in [4.69, 9.17) is 4.74 Å². The van der Waals surface area contributed by atoms with Crippen molar-refractivity contribution >= 4 is 5.97 Å². The van der Waals surface area contributed by atoms with E-state index in [-0.39, 0.29) is 24.0 Å². The summed E-state index contributed by atoms with van der Waals surface area (Å²) in [6.45, 7) is 9.01. The average Bonchev–Trinajstić information content (AvgIpc) is 2.90. The van der Waals surface area contributed by atoms with Gasteiger partial charge in [-0.25, -0.2) is 0 Å². The Kier molecular flexibility index (Phi) is 9.42. The molecule has 176 valence electrons. The predicted octanol–water partition coefficient (Wildman–Crippen LogP) is 6.95. The summed E-state index contributed by atoms with van der Waals surface area (Å²) in [4.78, 5) is 15.8. The van der Waals surface area contributed by atoms with Crippen LogP contribution in [0.2, 0.25) is 0 Å². The molecule has 3 aromatic rings. The molecular formula is C31H35NO2. The summed E-state index contributed by atoms with van der Waals surface area (Å²) in [5.74, 6) is -0.901. The van der Waals surface area contributed by atoms with Gasteiger partial charge in [0.25, 0.3) is 0 Å². The lowest BCUT2D eigenvalue weighted by Gasteiger charge is -2.40. The van der Waals surface area contributed by atoms with E-state index < -0.39 is 5.92 Å². The summed E-state index contributed by atoms with van der Waals surface area (Å²) >= 11 is 0. The van der Waals surface area contributed by atoms with Crippen molar-refractivity contribution in [2.75, 3.05) is 7.11 Å². The highest BCUT2D eigenvalue weighted by Crippen LogP contribution is 2.36. The Morgan fingerprint density at radius 3 is 1.94 bits per heavy atom. The van der Waals surface area contributed by atoms with E-state index in [2.05, 4.69) is 85.1 Å².